The lowest BCUT2D eigenvalue weighted by molar-refractivity contribution is 0.0985. The van der Waals surface area contributed by atoms with Crippen LogP contribution < -0.4 is 0 Å². The number of nitrogens with zero attached hydrogens (tertiary/aromatic N) is 2. The van der Waals surface area contributed by atoms with Crippen LogP contribution in [0.5, 0.6) is 0 Å². The van der Waals surface area contributed by atoms with E-state index in [4.69, 9.17) is 9.94 Å². The van der Waals surface area contributed by atoms with Gasteiger partial charge in [-0.25, -0.2) is 9.38 Å². The number of aliphatic hydroxyl groups excluding tert-OH is 1. The summed E-state index contributed by atoms with van der Waals surface area (Å²) in [5.74, 6) is -0.154. The highest BCUT2D eigenvalue weighted by molar-refractivity contribution is 7.98. The first-order valence-electron chi connectivity index (χ1n) is 4.84. The van der Waals surface area contributed by atoms with Gasteiger partial charge in [0.1, 0.15) is 12.4 Å². The van der Waals surface area contributed by atoms with E-state index in [2.05, 4.69) is 16.9 Å². The molecule has 1 N–H and O–H groups in total. The van der Waals surface area contributed by atoms with Gasteiger partial charge in [-0.15, -0.1) is 11.8 Å². The first-order chi connectivity index (χ1) is 8.22. The third-order valence-corrected chi connectivity index (χ3v) is 2.66. The molecule has 1 rings (SSSR count). The molecule has 92 valence electrons. The topological polar surface area (TPSA) is 54.2 Å². The van der Waals surface area contributed by atoms with Crippen molar-refractivity contribution in [1.82, 2.24) is 0 Å². The molecule has 0 heterocycles. The minimum atomic E-state index is -0.339. The van der Waals surface area contributed by atoms with Crippen molar-refractivity contribution in [3.8, 4) is 0 Å². The molecule has 17 heavy (non-hydrogen) atoms. The third kappa shape index (κ3) is 3.83. The number of benzene rings is 1. The van der Waals surface area contributed by atoms with Crippen molar-refractivity contribution in [1.29, 1.82) is 0 Å². The van der Waals surface area contributed by atoms with Gasteiger partial charge in [0.25, 0.3) is 0 Å². The van der Waals surface area contributed by atoms with Crippen LogP contribution in [0.4, 0.5) is 4.39 Å². The van der Waals surface area contributed by atoms with Crippen molar-refractivity contribution in [2.75, 3.05) is 19.5 Å². The van der Waals surface area contributed by atoms with E-state index < -0.39 is 0 Å². The number of halogens is 1. The van der Waals surface area contributed by atoms with E-state index in [1.807, 2.05) is 0 Å². The second-order valence-electron chi connectivity index (χ2n) is 2.98. The third-order valence-electron chi connectivity index (χ3n) is 1.89. The van der Waals surface area contributed by atoms with Gasteiger partial charge in [0.2, 0.25) is 0 Å². The molecular weight excluding hydrogens is 243 g/mol. The highest BCUT2D eigenvalue weighted by atomic mass is 32.2. The molecule has 0 fully saturated rings. The maximum atomic E-state index is 13.5. The van der Waals surface area contributed by atoms with Crippen LogP contribution in [-0.2, 0) is 4.84 Å². The Labute approximate surface area is 103 Å². The zero-order chi connectivity index (χ0) is 12.7. The Balaban J connectivity index is 2.92. The molecule has 0 unspecified atom stereocenters. The predicted molar refractivity (Wildman–Crippen MR) is 67.3 cm³/mol. The molecular formula is C11H13FN2O2S. The number of amidine groups is 1. The Hall–Kier alpha value is -1.40. The molecule has 0 saturated heterocycles. The monoisotopic (exact) mass is 256 g/mol. The summed E-state index contributed by atoms with van der Waals surface area (Å²) >= 11 is 1.32. The van der Waals surface area contributed by atoms with Gasteiger partial charge in [0.15, 0.2) is 5.84 Å². The van der Waals surface area contributed by atoms with E-state index >= 15 is 0 Å². The van der Waals surface area contributed by atoms with Crippen LogP contribution in [0.2, 0.25) is 0 Å². The largest absolute Gasteiger partial charge is 0.393 e. The lowest BCUT2D eigenvalue weighted by Gasteiger charge is -2.04. The van der Waals surface area contributed by atoms with Gasteiger partial charge in [0, 0.05) is 10.5 Å². The molecule has 0 spiro atoms. The van der Waals surface area contributed by atoms with Crippen molar-refractivity contribution in [2.24, 2.45) is 10.1 Å². The van der Waals surface area contributed by atoms with Crippen LogP contribution in [0.1, 0.15) is 5.56 Å². The first kappa shape index (κ1) is 13.7. The van der Waals surface area contributed by atoms with Gasteiger partial charge in [-0.3, -0.25) is 0 Å². The number of thioether (sulfide) groups is 1. The fourth-order valence-electron chi connectivity index (χ4n) is 1.13. The smallest absolute Gasteiger partial charge is 0.198 e. The number of aliphatic imine (C=N–C) groups is 1. The summed E-state index contributed by atoms with van der Waals surface area (Å²) in [5.41, 5.74) is 0.480. The summed E-state index contributed by atoms with van der Waals surface area (Å²) < 4.78 is 13.5. The summed E-state index contributed by atoms with van der Waals surface area (Å²) in [7, 11) is 0. The van der Waals surface area contributed by atoms with Crippen molar-refractivity contribution in [2.45, 2.75) is 4.90 Å². The minimum absolute atomic E-state index is 0.0599. The van der Waals surface area contributed by atoms with Gasteiger partial charge in [-0.2, -0.15) is 0 Å². The van der Waals surface area contributed by atoms with Crippen LogP contribution in [0.25, 0.3) is 0 Å². The summed E-state index contributed by atoms with van der Waals surface area (Å²) in [6.07, 6.45) is 1.79. The molecule has 1 aromatic carbocycles. The summed E-state index contributed by atoms with van der Waals surface area (Å²) in [5, 5.41) is 12.2. The molecule has 0 aromatic heterocycles. The Morgan fingerprint density at radius 3 is 2.88 bits per heavy atom. The van der Waals surface area contributed by atoms with E-state index in [1.165, 1.54) is 17.8 Å². The fourth-order valence-corrected chi connectivity index (χ4v) is 1.58. The summed E-state index contributed by atoms with van der Waals surface area (Å²) in [4.78, 5) is 8.96. The number of hydrogen-bond acceptors (Lipinski definition) is 4. The average Bonchev–Trinajstić information content (AvgIpc) is 2.35. The van der Waals surface area contributed by atoms with Crippen LogP contribution in [0, 0.1) is 5.82 Å². The molecule has 0 atom stereocenters. The molecule has 0 aliphatic rings. The molecule has 0 radical (unpaired) electrons. The maximum Gasteiger partial charge on any atom is 0.198 e. The Morgan fingerprint density at radius 2 is 2.35 bits per heavy atom. The normalized spacial score (nSPS) is 11.4. The second kappa shape index (κ2) is 7.03. The Morgan fingerprint density at radius 1 is 1.59 bits per heavy atom. The molecule has 0 aliphatic heterocycles. The molecule has 0 aliphatic carbocycles. The average molecular weight is 256 g/mol. The fraction of sp³-hybridized carbons (Fsp3) is 0.273. The molecule has 0 amide bonds. The van der Waals surface area contributed by atoms with Crippen LogP contribution in [0.3, 0.4) is 0 Å². The number of aliphatic hydroxyl groups is 1. The molecule has 1 aromatic rings. The SMILES string of the molecule is C=N/C(=N\OCCO)c1ccc(SC)c(F)c1. The van der Waals surface area contributed by atoms with E-state index in [0.29, 0.717) is 10.5 Å². The van der Waals surface area contributed by atoms with E-state index in [-0.39, 0.29) is 24.9 Å². The standard InChI is InChI=1S/C11H13FN2O2S/c1-13-11(14-16-6-5-15)8-3-4-10(17-2)9(12)7-8/h3-4,7,15H,1,5-6H2,2H3/b14-11-. The zero-order valence-corrected chi connectivity index (χ0v) is 10.2. The van der Waals surface area contributed by atoms with Crippen molar-refractivity contribution >= 4 is 24.3 Å². The highest BCUT2D eigenvalue weighted by Crippen LogP contribution is 2.20. The Bertz CT molecular complexity index is 424. The lowest BCUT2D eigenvalue weighted by Crippen LogP contribution is -2.01. The van der Waals surface area contributed by atoms with Crippen LogP contribution >= 0.6 is 11.8 Å². The lowest BCUT2D eigenvalue weighted by atomic mass is 10.2. The second-order valence-corrected chi connectivity index (χ2v) is 3.83. The number of rotatable bonds is 5. The van der Waals surface area contributed by atoms with Gasteiger partial charge < -0.3 is 9.94 Å². The molecule has 0 bridgehead atoms. The van der Waals surface area contributed by atoms with E-state index in [1.54, 1.807) is 18.4 Å². The van der Waals surface area contributed by atoms with E-state index in [0.717, 1.165) is 0 Å². The van der Waals surface area contributed by atoms with Crippen molar-refractivity contribution in [3.63, 3.8) is 0 Å². The zero-order valence-electron chi connectivity index (χ0n) is 9.39. The minimum Gasteiger partial charge on any atom is -0.393 e. The molecule has 6 heteroatoms. The van der Waals surface area contributed by atoms with Gasteiger partial charge in [0.05, 0.1) is 6.61 Å². The highest BCUT2D eigenvalue weighted by Gasteiger charge is 2.07. The van der Waals surface area contributed by atoms with Crippen molar-refractivity contribution in [3.05, 3.63) is 29.6 Å². The summed E-state index contributed by atoms with van der Waals surface area (Å²) in [6, 6.07) is 4.65. The Kier molecular flexibility index (Phi) is 5.65. The number of oxime groups is 1. The van der Waals surface area contributed by atoms with Crippen LogP contribution in [0.15, 0.2) is 33.2 Å². The quantitative estimate of drug-likeness (QED) is 0.288. The van der Waals surface area contributed by atoms with E-state index in [9.17, 15) is 4.39 Å². The summed E-state index contributed by atoms with van der Waals surface area (Å²) in [6.45, 7) is 3.25. The van der Waals surface area contributed by atoms with Gasteiger partial charge in [-0.1, -0.05) is 5.16 Å². The van der Waals surface area contributed by atoms with Gasteiger partial charge in [-0.05, 0) is 31.2 Å². The van der Waals surface area contributed by atoms with Crippen LogP contribution in [-0.4, -0.2) is 37.1 Å². The molecule has 0 saturated carbocycles. The first-order valence-corrected chi connectivity index (χ1v) is 6.07. The number of hydrogen-bond donors (Lipinski definition) is 1. The van der Waals surface area contributed by atoms with Crippen molar-refractivity contribution < 1.29 is 14.3 Å². The van der Waals surface area contributed by atoms with Gasteiger partial charge >= 0.3 is 0 Å². The maximum absolute atomic E-state index is 13.5. The molecule has 4 nitrogen and oxygen atoms in total. The predicted octanol–water partition coefficient (Wildman–Crippen LogP) is 1.92.